The van der Waals surface area contributed by atoms with E-state index in [0.29, 0.717) is 23.6 Å². The van der Waals surface area contributed by atoms with E-state index in [1.54, 1.807) is 37.3 Å². The highest BCUT2D eigenvalue weighted by molar-refractivity contribution is 9.10. The number of nitrogens with one attached hydrogen (secondary N) is 1. The van der Waals surface area contributed by atoms with Gasteiger partial charge in [-0.2, -0.15) is 0 Å². The number of hydrogen-bond acceptors (Lipinski definition) is 4. The van der Waals surface area contributed by atoms with Crippen molar-refractivity contribution in [2.24, 2.45) is 0 Å². The second kappa shape index (κ2) is 9.77. The van der Waals surface area contributed by atoms with Crippen LogP contribution in [0.25, 0.3) is 6.08 Å². The third-order valence-corrected chi connectivity index (χ3v) is 3.86. The lowest BCUT2D eigenvalue weighted by molar-refractivity contribution is -0.111. The largest absolute Gasteiger partial charge is 0.493 e. The Labute approximate surface area is 161 Å². The lowest BCUT2D eigenvalue weighted by Crippen LogP contribution is -2.13. The molecule has 0 heterocycles. The van der Waals surface area contributed by atoms with Crippen LogP contribution in [-0.2, 0) is 9.53 Å². The van der Waals surface area contributed by atoms with E-state index in [1.807, 2.05) is 25.1 Å². The van der Waals surface area contributed by atoms with Crippen LogP contribution < -0.4 is 10.1 Å². The Morgan fingerprint density at radius 1 is 1.12 bits per heavy atom. The average molecular weight is 418 g/mol. The van der Waals surface area contributed by atoms with Crippen molar-refractivity contribution in [3.8, 4) is 5.75 Å². The van der Waals surface area contributed by atoms with Crippen molar-refractivity contribution in [2.45, 2.75) is 13.8 Å². The molecule has 0 atom stereocenters. The monoisotopic (exact) mass is 417 g/mol. The number of amides is 1. The van der Waals surface area contributed by atoms with E-state index in [0.717, 1.165) is 10.0 Å². The number of benzene rings is 2. The predicted octanol–water partition coefficient (Wildman–Crippen LogP) is 4.68. The number of anilines is 1. The van der Waals surface area contributed by atoms with Crippen LogP contribution in [-0.4, -0.2) is 25.1 Å². The van der Waals surface area contributed by atoms with Gasteiger partial charge >= 0.3 is 5.97 Å². The number of carbonyl (C=O) groups is 2. The first-order valence-electron chi connectivity index (χ1n) is 8.22. The molecule has 2 aromatic rings. The van der Waals surface area contributed by atoms with Gasteiger partial charge in [-0.1, -0.05) is 28.1 Å². The maximum absolute atomic E-state index is 12.3. The molecule has 5 nitrogen and oxygen atoms in total. The summed E-state index contributed by atoms with van der Waals surface area (Å²) in [4.78, 5) is 24.2. The fraction of sp³-hybridized carbons (Fsp3) is 0.200. The summed E-state index contributed by atoms with van der Waals surface area (Å²) in [6.45, 7) is 4.43. The van der Waals surface area contributed by atoms with Crippen LogP contribution in [0.4, 0.5) is 5.69 Å². The Hall–Kier alpha value is -2.60. The highest BCUT2D eigenvalue weighted by Crippen LogP contribution is 2.24. The number of halogens is 1. The molecular formula is C20H20BrNO4. The van der Waals surface area contributed by atoms with Gasteiger partial charge in [-0.05, 0) is 50.3 Å². The van der Waals surface area contributed by atoms with E-state index in [-0.39, 0.29) is 12.5 Å². The van der Waals surface area contributed by atoms with Crippen LogP contribution in [0.15, 0.2) is 53.0 Å². The summed E-state index contributed by atoms with van der Waals surface area (Å²) >= 11 is 3.41. The number of rotatable bonds is 7. The Morgan fingerprint density at radius 2 is 1.88 bits per heavy atom. The lowest BCUT2D eigenvalue weighted by atomic mass is 10.1. The molecule has 0 aromatic heterocycles. The molecule has 136 valence electrons. The molecule has 0 aliphatic carbocycles. The second-order valence-corrected chi connectivity index (χ2v) is 6.12. The van der Waals surface area contributed by atoms with Gasteiger partial charge in [-0.15, -0.1) is 0 Å². The summed E-state index contributed by atoms with van der Waals surface area (Å²) in [5, 5.41) is 2.71. The molecular weight excluding hydrogens is 398 g/mol. The molecule has 1 amide bonds. The number of ether oxygens (including phenoxy) is 2. The molecule has 0 aliphatic heterocycles. The molecule has 2 aromatic carbocycles. The zero-order valence-electron chi connectivity index (χ0n) is 14.6. The topological polar surface area (TPSA) is 64.6 Å². The van der Waals surface area contributed by atoms with Crippen LogP contribution in [0.3, 0.4) is 0 Å². The minimum Gasteiger partial charge on any atom is -0.493 e. The van der Waals surface area contributed by atoms with Gasteiger partial charge < -0.3 is 14.8 Å². The molecule has 0 radical (unpaired) electrons. The van der Waals surface area contributed by atoms with Crippen LogP contribution in [0.2, 0.25) is 0 Å². The molecule has 0 saturated carbocycles. The SMILES string of the molecule is CCOC(=O)c1ccccc1NC(=O)/C=C/c1cc(Br)ccc1OCC. The van der Waals surface area contributed by atoms with E-state index >= 15 is 0 Å². The first-order chi connectivity index (χ1) is 12.5. The van der Waals surface area contributed by atoms with Gasteiger partial charge in [0.15, 0.2) is 0 Å². The van der Waals surface area contributed by atoms with Gasteiger partial charge in [0.2, 0.25) is 5.91 Å². The molecule has 1 N–H and O–H groups in total. The predicted molar refractivity (Wildman–Crippen MR) is 105 cm³/mol. The smallest absolute Gasteiger partial charge is 0.340 e. The minimum atomic E-state index is -0.474. The maximum atomic E-state index is 12.3. The van der Waals surface area contributed by atoms with Crippen molar-refractivity contribution in [1.82, 2.24) is 0 Å². The van der Waals surface area contributed by atoms with Crippen molar-refractivity contribution in [2.75, 3.05) is 18.5 Å². The summed E-state index contributed by atoms with van der Waals surface area (Å²) in [5.74, 6) is -0.145. The van der Waals surface area contributed by atoms with Gasteiger partial charge in [0, 0.05) is 16.1 Å². The standard InChI is InChI=1S/C20H20BrNO4/c1-3-25-18-11-10-15(21)13-14(18)9-12-19(23)22-17-8-6-5-7-16(17)20(24)26-4-2/h5-13H,3-4H2,1-2H3,(H,22,23)/b12-9+. The van der Waals surface area contributed by atoms with Crippen molar-refractivity contribution in [3.63, 3.8) is 0 Å². The van der Waals surface area contributed by atoms with Crippen molar-refractivity contribution in [3.05, 3.63) is 64.1 Å². The third-order valence-electron chi connectivity index (χ3n) is 3.37. The molecule has 26 heavy (non-hydrogen) atoms. The Balaban J connectivity index is 2.16. The molecule has 0 saturated heterocycles. The van der Waals surface area contributed by atoms with Gasteiger partial charge in [-0.3, -0.25) is 4.79 Å². The van der Waals surface area contributed by atoms with E-state index in [2.05, 4.69) is 21.2 Å². The van der Waals surface area contributed by atoms with Crippen LogP contribution in [0.5, 0.6) is 5.75 Å². The highest BCUT2D eigenvalue weighted by Gasteiger charge is 2.13. The van der Waals surface area contributed by atoms with Gasteiger partial charge in [-0.25, -0.2) is 4.79 Å². The van der Waals surface area contributed by atoms with E-state index in [4.69, 9.17) is 9.47 Å². The fourth-order valence-electron chi connectivity index (χ4n) is 2.26. The normalized spacial score (nSPS) is 10.6. The Bertz CT molecular complexity index is 817. The molecule has 0 fully saturated rings. The molecule has 0 spiro atoms. The minimum absolute atomic E-state index is 0.268. The van der Waals surface area contributed by atoms with Gasteiger partial charge in [0.05, 0.1) is 24.5 Å². The fourth-order valence-corrected chi connectivity index (χ4v) is 2.63. The molecule has 0 bridgehead atoms. The number of carbonyl (C=O) groups excluding carboxylic acids is 2. The van der Waals surface area contributed by atoms with Crippen LogP contribution >= 0.6 is 15.9 Å². The third kappa shape index (κ3) is 5.46. The van der Waals surface area contributed by atoms with Gasteiger partial charge in [0.25, 0.3) is 0 Å². The number of hydrogen-bond donors (Lipinski definition) is 1. The second-order valence-electron chi connectivity index (χ2n) is 5.20. The van der Waals surface area contributed by atoms with Crippen LogP contribution in [0, 0.1) is 0 Å². The first kappa shape index (κ1) is 19.7. The number of esters is 1. The highest BCUT2D eigenvalue weighted by atomic mass is 79.9. The zero-order valence-corrected chi connectivity index (χ0v) is 16.2. The Kier molecular flexibility index (Phi) is 7.41. The molecule has 0 unspecified atom stereocenters. The molecule has 6 heteroatoms. The summed E-state index contributed by atoms with van der Waals surface area (Å²) in [5.41, 5.74) is 1.49. The van der Waals surface area contributed by atoms with Crippen molar-refractivity contribution in [1.29, 1.82) is 0 Å². The average Bonchev–Trinajstić information content (AvgIpc) is 2.62. The van der Waals surface area contributed by atoms with E-state index in [9.17, 15) is 9.59 Å². The van der Waals surface area contributed by atoms with Crippen molar-refractivity contribution < 1.29 is 19.1 Å². The molecule has 0 aliphatic rings. The maximum Gasteiger partial charge on any atom is 0.340 e. The van der Waals surface area contributed by atoms with E-state index in [1.165, 1.54) is 6.08 Å². The molecule has 2 rings (SSSR count). The Morgan fingerprint density at radius 3 is 2.62 bits per heavy atom. The summed E-state index contributed by atoms with van der Waals surface area (Å²) in [6.07, 6.45) is 3.06. The lowest BCUT2D eigenvalue weighted by Gasteiger charge is -2.09. The van der Waals surface area contributed by atoms with Crippen molar-refractivity contribution >= 4 is 39.6 Å². The van der Waals surface area contributed by atoms with Gasteiger partial charge in [0.1, 0.15) is 5.75 Å². The number of para-hydroxylation sites is 1. The summed E-state index contributed by atoms with van der Waals surface area (Å²) < 4.78 is 11.4. The first-order valence-corrected chi connectivity index (χ1v) is 9.02. The van der Waals surface area contributed by atoms with Crippen LogP contribution in [0.1, 0.15) is 29.8 Å². The zero-order chi connectivity index (χ0) is 18.9. The summed E-state index contributed by atoms with van der Waals surface area (Å²) in [7, 11) is 0. The quantitative estimate of drug-likeness (QED) is 0.524. The summed E-state index contributed by atoms with van der Waals surface area (Å²) in [6, 6.07) is 12.3. The van der Waals surface area contributed by atoms with E-state index < -0.39 is 5.97 Å².